The van der Waals surface area contributed by atoms with Gasteiger partial charge in [-0.2, -0.15) is 0 Å². The minimum absolute atomic E-state index is 0.0284. The fourth-order valence-corrected chi connectivity index (χ4v) is 3.29. The van der Waals surface area contributed by atoms with Gasteiger partial charge in [-0.15, -0.1) is 0 Å². The molecule has 28 heavy (non-hydrogen) atoms. The molecule has 0 aromatic carbocycles. The number of hydrogen-bond acceptors (Lipinski definition) is 6. The van der Waals surface area contributed by atoms with Crippen LogP contribution in [0, 0.1) is 5.92 Å². The van der Waals surface area contributed by atoms with Gasteiger partial charge in [0.25, 0.3) is 0 Å². The minimum atomic E-state index is -0.459. The van der Waals surface area contributed by atoms with Crippen LogP contribution >= 0.6 is 0 Å². The number of rotatable bonds is 8. The molecule has 0 bridgehead atoms. The zero-order valence-electron chi connectivity index (χ0n) is 17.6. The third-order valence-corrected chi connectivity index (χ3v) is 4.70. The van der Waals surface area contributed by atoms with Gasteiger partial charge in [0.15, 0.2) is 0 Å². The topological polar surface area (TPSA) is 83.6 Å². The molecular weight excluding hydrogens is 356 g/mol. The number of ether oxygens (including phenoxy) is 1. The predicted molar refractivity (Wildman–Crippen MR) is 110 cm³/mol. The molecule has 0 spiro atoms. The Labute approximate surface area is 168 Å². The molecule has 1 aliphatic rings. The van der Waals surface area contributed by atoms with E-state index in [1.54, 1.807) is 0 Å². The first-order valence-corrected chi connectivity index (χ1v) is 10.1. The zero-order chi connectivity index (χ0) is 20.6. The second kappa shape index (κ2) is 10.4. The molecule has 1 fully saturated rings. The number of aryl methyl sites for hydroxylation is 1. The van der Waals surface area contributed by atoms with E-state index in [9.17, 15) is 9.59 Å². The molecule has 1 aliphatic heterocycles. The van der Waals surface area contributed by atoms with Gasteiger partial charge in [0.1, 0.15) is 11.4 Å². The van der Waals surface area contributed by atoms with Crippen LogP contribution in [0.15, 0.2) is 18.2 Å². The highest BCUT2D eigenvalue weighted by molar-refractivity contribution is 5.78. The quantitative estimate of drug-likeness (QED) is 0.523. The van der Waals surface area contributed by atoms with Gasteiger partial charge in [0, 0.05) is 25.2 Å². The van der Waals surface area contributed by atoms with Crippen molar-refractivity contribution in [1.82, 2.24) is 15.2 Å². The summed E-state index contributed by atoms with van der Waals surface area (Å²) in [4.78, 5) is 30.9. The van der Waals surface area contributed by atoms with E-state index in [1.807, 2.05) is 46.0 Å². The van der Waals surface area contributed by atoms with E-state index in [-0.39, 0.29) is 17.8 Å². The average Bonchev–Trinajstić information content (AvgIpc) is 2.64. The Bertz CT molecular complexity index is 649. The summed E-state index contributed by atoms with van der Waals surface area (Å²) in [7, 11) is 1.85. The number of esters is 1. The highest BCUT2D eigenvalue weighted by Crippen LogP contribution is 2.18. The summed E-state index contributed by atoms with van der Waals surface area (Å²) in [5.74, 6) is 0.806. The zero-order valence-corrected chi connectivity index (χ0v) is 17.6. The number of nitrogens with zero attached hydrogens (tertiary/aromatic N) is 2. The summed E-state index contributed by atoms with van der Waals surface area (Å²) in [5.41, 5.74) is 0.565. The highest BCUT2D eigenvalue weighted by atomic mass is 16.6. The van der Waals surface area contributed by atoms with Gasteiger partial charge in [-0.1, -0.05) is 6.07 Å². The van der Waals surface area contributed by atoms with Gasteiger partial charge in [0.05, 0.1) is 6.54 Å². The van der Waals surface area contributed by atoms with Gasteiger partial charge in [-0.3, -0.25) is 14.5 Å². The Morgan fingerprint density at radius 3 is 2.61 bits per heavy atom. The lowest BCUT2D eigenvalue weighted by Gasteiger charge is -2.31. The van der Waals surface area contributed by atoms with Crippen LogP contribution in [0.25, 0.3) is 0 Å². The number of piperidine rings is 1. The summed E-state index contributed by atoms with van der Waals surface area (Å²) >= 11 is 0. The Morgan fingerprint density at radius 1 is 1.25 bits per heavy atom. The number of aromatic nitrogens is 1. The van der Waals surface area contributed by atoms with Crippen LogP contribution in [0.3, 0.4) is 0 Å². The number of likely N-dealkylation sites (tertiary alicyclic amines) is 1. The van der Waals surface area contributed by atoms with E-state index in [0.717, 1.165) is 50.3 Å². The highest BCUT2D eigenvalue weighted by Gasteiger charge is 2.27. The Hall–Kier alpha value is -2.15. The van der Waals surface area contributed by atoms with Crippen molar-refractivity contribution in [2.45, 2.75) is 52.1 Å². The van der Waals surface area contributed by atoms with Gasteiger partial charge >= 0.3 is 5.97 Å². The standard InChI is InChI=1S/C21H34N4O3/c1-21(2,3)28-19(26)15-25-13-10-16(11-14-25)20(27)23-12-6-8-17-7-5-9-18(22-4)24-17/h5,7,9,16H,6,8,10-15H2,1-4H3,(H,22,24)(H,23,27). The molecule has 7 heteroatoms. The second-order valence-corrected chi connectivity index (χ2v) is 8.30. The minimum Gasteiger partial charge on any atom is -0.459 e. The van der Waals surface area contributed by atoms with E-state index in [2.05, 4.69) is 20.5 Å². The number of carbonyl (C=O) groups is 2. The lowest BCUT2D eigenvalue weighted by Crippen LogP contribution is -2.43. The summed E-state index contributed by atoms with van der Waals surface area (Å²) in [6.07, 6.45) is 3.26. The molecule has 1 aromatic heterocycles. The first-order valence-electron chi connectivity index (χ1n) is 10.1. The second-order valence-electron chi connectivity index (χ2n) is 8.30. The Morgan fingerprint density at radius 2 is 1.96 bits per heavy atom. The maximum absolute atomic E-state index is 12.4. The van der Waals surface area contributed by atoms with Crippen LogP contribution in [-0.4, -0.2) is 60.6 Å². The van der Waals surface area contributed by atoms with Crippen LogP contribution in [0.2, 0.25) is 0 Å². The van der Waals surface area contributed by atoms with Crippen molar-refractivity contribution in [2.75, 3.05) is 38.5 Å². The van der Waals surface area contributed by atoms with Gasteiger partial charge in [-0.05, 0) is 71.7 Å². The molecule has 1 amide bonds. The van der Waals surface area contributed by atoms with Crippen molar-refractivity contribution in [3.63, 3.8) is 0 Å². The maximum atomic E-state index is 12.4. The van der Waals surface area contributed by atoms with Crippen molar-refractivity contribution in [3.05, 3.63) is 23.9 Å². The monoisotopic (exact) mass is 390 g/mol. The van der Waals surface area contributed by atoms with Crippen LogP contribution in [0.1, 0.15) is 45.7 Å². The third-order valence-electron chi connectivity index (χ3n) is 4.70. The first kappa shape index (κ1) is 22.1. The Kier molecular flexibility index (Phi) is 8.23. The van der Waals surface area contributed by atoms with E-state index >= 15 is 0 Å². The third kappa shape index (κ3) is 7.84. The van der Waals surface area contributed by atoms with Gasteiger partial charge in [-0.25, -0.2) is 4.98 Å². The molecule has 2 N–H and O–H groups in total. The molecule has 2 rings (SSSR count). The molecule has 0 atom stereocenters. The van der Waals surface area contributed by atoms with Gasteiger partial charge < -0.3 is 15.4 Å². The van der Waals surface area contributed by atoms with Crippen molar-refractivity contribution < 1.29 is 14.3 Å². The molecule has 0 radical (unpaired) electrons. The molecule has 0 saturated carbocycles. The lowest BCUT2D eigenvalue weighted by atomic mass is 9.96. The van der Waals surface area contributed by atoms with E-state index < -0.39 is 5.60 Å². The van der Waals surface area contributed by atoms with Gasteiger partial charge in [0.2, 0.25) is 5.91 Å². The smallest absolute Gasteiger partial charge is 0.320 e. The fourth-order valence-electron chi connectivity index (χ4n) is 3.29. The average molecular weight is 391 g/mol. The number of carbonyl (C=O) groups excluding carboxylic acids is 2. The first-order chi connectivity index (χ1) is 13.3. The molecule has 7 nitrogen and oxygen atoms in total. The normalized spacial score (nSPS) is 15.9. The lowest BCUT2D eigenvalue weighted by molar-refractivity contribution is -0.156. The largest absolute Gasteiger partial charge is 0.459 e. The summed E-state index contributed by atoms with van der Waals surface area (Å²) in [6.45, 7) is 8.06. The number of anilines is 1. The van der Waals surface area contributed by atoms with Crippen molar-refractivity contribution in [1.29, 1.82) is 0 Å². The Balaban J connectivity index is 1.63. The fraction of sp³-hybridized carbons (Fsp3) is 0.667. The molecule has 0 unspecified atom stereocenters. The van der Waals surface area contributed by atoms with E-state index in [0.29, 0.717) is 13.1 Å². The molecule has 0 aliphatic carbocycles. The molecule has 156 valence electrons. The molecule has 1 aromatic rings. The van der Waals surface area contributed by atoms with Crippen LogP contribution in [0.5, 0.6) is 0 Å². The molecular formula is C21H34N4O3. The van der Waals surface area contributed by atoms with E-state index in [4.69, 9.17) is 4.74 Å². The number of amides is 1. The van der Waals surface area contributed by atoms with Crippen molar-refractivity contribution in [2.24, 2.45) is 5.92 Å². The maximum Gasteiger partial charge on any atom is 0.320 e. The number of nitrogens with one attached hydrogen (secondary N) is 2. The summed E-state index contributed by atoms with van der Waals surface area (Å²) < 4.78 is 5.36. The van der Waals surface area contributed by atoms with Crippen LogP contribution < -0.4 is 10.6 Å². The number of pyridine rings is 1. The predicted octanol–water partition coefficient (Wildman–Crippen LogP) is 2.23. The SMILES string of the molecule is CNc1cccc(CCCNC(=O)C2CCN(CC(=O)OC(C)(C)C)CC2)n1. The summed E-state index contributed by atoms with van der Waals surface area (Å²) in [5, 5.41) is 6.08. The number of hydrogen-bond donors (Lipinski definition) is 2. The molecule has 2 heterocycles. The van der Waals surface area contributed by atoms with Crippen molar-refractivity contribution in [3.8, 4) is 0 Å². The van der Waals surface area contributed by atoms with Crippen molar-refractivity contribution >= 4 is 17.7 Å². The van der Waals surface area contributed by atoms with E-state index in [1.165, 1.54) is 0 Å². The van der Waals surface area contributed by atoms with Crippen LogP contribution in [-0.2, 0) is 20.7 Å². The summed E-state index contributed by atoms with van der Waals surface area (Å²) in [6, 6.07) is 5.92. The molecule has 1 saturated heterocycles. The van der Waals surface area contributed by atoms with Crippen LogP contribution in [0.4, 0.5) is 5.82 Å².